The number of hydrogen-bond acceptors (Lipinski definition) is 2. The third kappa shape index (κ3) is 3.77. The van der Waals surface area contributed by atoms with Crippen LogP contribution in [-0.4, -0.2) is 38.0 Å². The Morgan fingerprint density at radius 3 is 2.06 bits per heavy atom. The van der Waals surface area contributed by atoms with Crippen LogP contribution in [0.4, 0.5) is 5.69 Å². The lowest BCUT2D eigenvalue weighted by molar-refractivity contribution is -0.127. The molecule has 0 aliphatic carbocycles. The second-order valence-electron chi connectivity index (χ2n) is 4.65. The highest BCUT2D eigenvalue weighted by molar-refractivity contribution is 5.81. The van der Waals surface area contributed by atoms with Gasteiger partial charge in [0.1, 0.15) is 0 Å². The van der Waals surface area contributed by atoms with Crippen LogP contribution in [-0.2, 0) is 4.79 Å². The van der Waals surface area contributed by atoms with Gasteiger partial charge in [0.2, 0.25) is 5.91 Å². The molecule has 0 fully saturated rings. The molecule has 0 spiro atoms. The van der Waals surface area contributed by atoms with Crippen molar-refractivity contribution in [2.24, 2.45) is 0 Å². The van der Waals surface area contributed by atoms with Crippen LogP contribution in [0.25, 0.3) is 0 Å². The maximum Gasteiger partial charge on any atom is 0.241 e. The first-order valence-corrected chi connectivity index (χ1v) is 5.97. The Balaban J connectivity index is 2.89. The van der Waals surface area contributed by atoms with Crippen molar-refractivity contribution in [1.82, 2.24) is 4.90 Å². The van der Waals surface area contributed by atoms with Gasteiger partial charge < -0.3 is 9.80 Å². The number of carbonyl (C=O) groups excluding carboxylic acids is 1. The van der Waals surface area contributed by atoms with Crippen LogP contribution in [0.2, 0.25) is 0 Å². The summed E-state index contributed by atoms with van der Waals surface area (Å²) in [5.41, 5.74) is 3.59. The second-order valence-corrected chi connectivity index (χ2v) is 4.65. The zero-order valence-corrected chi connectivity index (χ0v) is 11.4. The predicted molar refractivity (Wildman–Crippen MR) is 72.5 cm³/mol. The minimum atomic E-state index is 0.131. The molecule has 1 rings (SSSR count). The first-order chi connectivity index (χ1) is 7.93. The first-order valence-electron chi connectivity index (χ1n) is 5.97. The van der Waals surface area contributed by atoms with E-state index in [1.165, 1.54) is 11.1 Å². The molecule has 0 saturated carbocycles. The number of aryl methyl sites for hydroxylation is 2. The number of amides is 1. The number of likely N-dealkylation sites (N-methyl/N-ethyl adjacent to an activating group) is 2. The van der Waals surface area contributed by atoms with Gasteiger partial charge in [0, 0.05) is 26.3 Å². The number of rotatable bonds is 4. The summed E-state index contributed by atoms with van der Waals surface area (Å²) in [6.45, 7) is 7.51. The summed E-state index contributed by atoms with van der Waals surface area (Å²) in [7, 11) is 3.58. The first kappa shape index (κ1) is 13.6. The molecule has 0 N–H and O–H groups in total. The van der Waals surface area contributed by atoms with Gasteiger partial charge in [0.25, 0.3) is 0 Å². The smallest absolute Gasteiger partial charge is 0.241 e. The molecular weight excluding hydrogens is 212 g/mol. The minimum absolute atomic E-state index is 0.131. The lowest BCUT2D eigenvalue weighted by Crippen LogP contribution is -2.36. The Morgan fingerprint density at radius 2 is 1.65 bits per heavy atom. The molecule has 1 aromatic rings. The molecule has 0 saturated heterocycles. The van der Waals surface area contributed by atoms with Crippen LogP contribution < -0.4 is 4.90 Å². The zero-order chi connectivity index (χ0) is 13.0. The van der Waals surface area contributed by atoms with Crippen molar-refractivity contribution >= 4 is 11.6 Å². The average molecular weight is 234 g/mol. The largest absolute Gasteiger partial charge is 0.362 e. The average Bonchev–Trinajstić information content (AvgIpc) is 2.23. The monoisotopic (exact) mass is 234 g/mol. The fraction of sp³-hybridized carbons (Fsp3) is 0.500. The van der Waals surface area contributed by atoms with Gasteiger partial charge in [0.05, 0.1) is 6.54 Å². The van der Waals surface area contributed by atoms with Crippen LogP contribution in [0, 0.1) is 13.8 Å². The fourth-order valence-corrected chi connectivity index (χ4v) is 1.82. The van der Waals surface area contributed by atoms with Crippen molar-refractivity contribution in [2.75, 3.05) is 32.1 Å². The molecule has 3 nitrogen and oxygen atoms in total. The molecule has 0 heterocycles. The molecule has 0 bridgehead atoms. The van der Waals surface area contributed by atoms with Gasteiger partial charge >= 0.3 is 0 Å². The van der Waals surface area contributed by atoms with Crippen LogP contribution in [0.5, 0.6) is 0 Å². The summed E-state index contributed by atoms with van der Waals surface area (Å²) in [5.74, 6) is 0.131. The molecule has 1 aromatic carbocycles. The van der Waals surface area contributed by atoms with Gasteiger partial charge in [-0.2, -0.15) is 0 Å². The fourth-order valence-electron chi connectivity index (χ4n) is 1.82. The quantitative estimate of drug-likeness (QED) is 0.797. The van der Waals surface area contributed by atoms with Crippen LogP contribution >= 0.6 is 0 Å². The lowest BCUT2D eigenvalue weighted by Gasteiger charge is -2.25. The molecule has 17 heavy (non-hydrogen) atoms. The van der Waals surface area contributed by atoms with E-state index in [0.29, 0.717) is 6.54 Å². The number of hydrogen-bond donors (Lipinski definition) is 0. The van der Waals surface area contributed by atoms with Crippen molar-refractivity contribution in [3.05, 3.63) is 29.3 Å². The van der Waals surface area contributed by atoms with Crippen molar-refractivity contribution in [3.8, 4) is 0 Å². The summed E-state index contributed by atoms with van der Waals surface area (Å²) < 4.78 is 0. The Morgan fingerprint density at radius 1 is 1.12 bits per heavy atom. The molecule has 0 radical (unpaired) electrons. The molecule has 0 aliphatic rings. The normalized spacial score (nSPS) is 10.2. The molecule has 1 amide bonds. The topological polar surface area (TPSA) is 23.6 Å². The molecule has 94 valence electrons. The van der Waals surface area contributed by atoms with E-state index in [1.54, 1.807) is 19.0 Å². The summed E-state index contributed by atoms with van der Waals surface area (Å²) in [5, 5.41) is 0. The lowest BCUT2D eigenvalue weighted by atomic mass is 10.1. The Labute approximate surface area is 104 Å². The van der Waals surface area contributed by atoms with Gasteiger partial charge in [0.15, 0.2) is 0 Å². The van der Waals surface area contributed by atoms with E-state index in [9.17, 15) is 4.79 Å². The maximum atomic E-state index is 11.7. The third-order valence-electron chi connectivity index (χ3n) is 2.78. The van der Waals surface area contributed by atoms with Crippen LogP contribution in [0.15, 0.2) is 18.2 Å². The van der Waals surface area contributed by atoms with E-state index in [2.05, 4.69) is 43.9 Å². The maximum absolute atomic E-state index is 11.7. The summed E-state index contributed by atoms with van der Waals surface area (Å²) >= 11 is 0. The third-order valence-corrected chi connectivity index (χ3v) is 2.78. The molecule has 0 unspecified atom stereocenters. The van der Waals surface area contributed by atoms with Gasteiger partial charge in [-0.1, -0.05) is 6.07 Å². The van der Waals surface area contributed by atoms with Crippen molar-refractivity contribution in [2.45, 2.75) is 20.8 Å². The van der Waals surface area contributed by atoms with Gasteiger partial charge in [-0.3, -0.25) is 4.79 Å². The van der Waals surface area contributed by atoms with Gasteiger partial charge in [-0.05, 0) is 44.0 Å². The molecule has 3 heteroatoms. The minimum Gasteiger partial charge on any atom is -0.362 e. The highest BCUT2D eigenvalue weighted by Crippen LogP contribution is 2.18. The number of carbonyl (C=O) groups is 1. The Bertz CT molecular complexity index is 379. The van der Waals surface area contributed by atoms with Crippen LogP contribution in [0.1, 0.15) is 18.1 Å². The Kier molecular flexibility index (Phi) is 4.55. The van der Waals surface area contributed by atoms with E-state index >= 15 is 0 Å². The zero-order valence-electron chi connectivity index (χ0n) is 11.4. The van der Waals surface area contributed by atoms with E-state index < -0.39 is 0 Å². The second kappa shape index (κ2) is 5.71. The SMILES string of the molecule is CCN(CC(=O)N(C)C)c1cc(C)cc(C)c1. The standard InChI is InChI=1S/C14H22N2O/c1-6-16(10-14(17)15(4)5)13-8-11(2)7-12(3)9-13/h7-9H,6,10H2,1-5H3. The van der Waals surface area contributed by atoms with Gasteiger partial charge in [-0.25, -0.2) is 0 Å². The van der Waals surface area contributed by atoms with Crippen LogP contribution in [0.3, 0.4) is 0 Å². The highest BCUT2D eigenvalue weighted by Gasteiger charge is 2.11. The molecule has 0 atom stereocenters. The van der Waals surface area contributed by atoms with E-state index in [1.807, 2.05) is 0 Å². The van der Waals surface area contributed by atoms with E-state index in [-0.39, 0.29) is 5.91 Å². The molecule has 0 aromatic heterocycles. The van der Waals surface area contributed by atoms with Crippen molar-refractivity contribution in [3.63, 3.8) is 0 Å². The summed E-state index contributed by atoms with van der Waals surface area (Å²) in [4.78, 5) is 15.5. The summed E-state index contributed by atoms with van der Waals surface area (Å²) in [6.07, 6.45) is 0. The van der Waals surface area contributed by atoms with E-state index in [4.69, 9.17) is 0 Å². The number of nitrogens with zero attached hydrogens (tertiary/aromatic N) is 2. The summed E-state index contributed by atoms with van der Waals surface area (Å²) in [6, 6.07) is 6.39. The van der Waals surface area contributed by atoms with Crippen molar-refractivity contribution in [1.29, 1.82) is 0 Å². The predicted octanol–water partition coefficient (Wildman–Crippen LogP) is 2.22. The van der Waals surface area contributed by atoms with Gasteiger partial charge in [-0.15, -0.1) is 0 Å². The Hall–Kier alpha value is -1.51. The molecule has 0 aliphatic heterocycles. The van der Waals surface area contributed by atoms with E-state index in [0.717, 1.165) is 12.2 Å². The highest BCUT2D eigenvalue weighted by atomic mass is 16.2. The number of benzene rings is 1. The van der Waals surface area contributed by atoms with Crippen molar-refractivity contribution < 1.29 is 4.79 Å². The number of anilines is 1. The molecular formula is C14H22N2O.